The molecule has 0 radical (unpaired) electrons. The number of hydrogen-bond donors (Lipinski definition) is 2. The highest BCUT2D eigenvalue weighted by Gasteiger charge is 2.15. The van der Waals surface area contributed by atoms with Gasteiger partial charge in [0.2, 0.25) is 0 Å². The van der Waals surface area contributed by atoms with E-state index in [4.69, 9.17) is 4.74 Å². The van der Waals surface area contributed by atoms with Crippen LogP contribution in [0.5, 0.6) is 5.88 Å². The van der Waals surface area contributed by atoms with Crippen molar-refractivity contribution in [2.45, 2.75) is 18.9 Å². The summed E-state index contributed by atoms with van der Waals surface area (Å²) in [4.78, 5) is 14.7. The Balaban J connectivity index is 1.90. The van der Waals surface area contributed by atoms with Gasteiger partial charge in [-0.25, -0.2) is 0 Å². The number of fused-ring (bicyclic) bond motifs is 1. The summed E-state index contributed by atoms with van der Waals surface area (Å²) in [6.07, 6.45) is 2.29. The fourth-order valence-electron chi connectivity index (χ4n) is 2.35. The Morgan fingerprint density at radius 1 is 1.28 bits per heavy atom. The highest BCUT2D eigenvalue weighted by Crippen LogP contribution is 2.17. The molecule has 2 N–H and O–H groups in total. The molecule has 0 bridgehead atoms. The summed E-state index contributed by atoms with van der Waals surface area (Å²) in [7, 11) is 0. The van der Waals surface area contributed by atoms with Crippen molar-refractivity contribution in [2.75, 3.05) is 13.1 Å². The van der Waals surface area contributed by atoms with Gasteiger partial charge in [-0.15, -0.1) is 0 Å². The van der Waals surface area contributed by atoms with Gasteiger partial charge in [0.05, 0.1) is 0 Å². The summed E-state index contributed by atoms with van der Waals surface area (Å²) < 4.78 is 5.83. The molecule has 3 rings (SSSR count). The zero-order chi connectivity index (χ0) is 12.4. The quantitative estimate of drug-likeness (QED) is 0.844. The number of aromatic amines is 1. The maximum atomic E-state index is 11.9. The van der Waals surface area contributed by atoms with Gasteiger partial charge >= 0.3 is 0 Å². The van der Waals surface area contributed by atoms with Gasteiger partial charge in [0, 0.05) is 18.0 Å². The lowest BCUT2D eigenvalue weighted by atomic mass is 10.1. The van der Waals surface area contributed by atoms with Gasteiger partial charge in [-0.05, 0) is 30.8 Å². The monoisotopic (exact) mass is 244 g/mol. The van der Waals surface area contributed by atoms with Crippen molar-refractivity contribution in [1.82, 2.24) is 10.3 Å². The Morgan fingerprint density at radius 2 is 2.17 bits per heavy atom. The molecule has 0 aliphatic carbocycles. The fraction of sp³-hybridized carbons (Fsp3) is 0.357. The largest absolute Gasteiger partial charge is 0.474 e. The Kier molecular flexibility index (Phi) is 3.02. The van der Waals surface area contributed by atoms with Crippen LogP contribution >= 0.6 is 0 Å². The van der Waals surface area contributed by atoms with Gasteiger partial charge in [0.15, 0.2) is 5.88 Å². The molecule has 18 heavy (non-hydrogen) atoms. The average molecular weight is 244 g/mol. The van der Waals surface area contributed by atoms with Gasteiger partial charge in [-0.3, -0.25) is 9.78 Å². The fourth-order valence-corrected chi connectivity index (χ4v) is 2.35. The van der Waals surface area contributed by atoms with Crippen LogP contribution in [-0.4, -0.2) is 24.2 Å². The van der Waals surface area contributed by atoms with E-state index < -0.39 is 0 Å². The molecule has 1 aliphatic rings. The van der Waals surface area contributed by atoms with Crippen molar-refractivity contribution in [2.24, 2.45) is 0 Å². The zero-order valence-corrected chi connectivity index (χ0v) is 10.1. The predicted molar refractivity (Wildman–Crippen MR) is 71.1 cm³/mol. The second kappa shape index (κ2) is 4.82. The van der Waals surface area contributed by atoms with Gasteiger partial charge in [0.1, 0.15) is 6.10 Å². The summed E-state index contributed by atoms with van der Waals surface area (Å²) in [5.74, 6) is 0.562. The maximum absolute atomic E-state index is 11.9. The number of pyridine rings is 1. The third-order valence-corrected chi connectivity index (χ3v) is 3.27. The summed E-state index contributed by atoms with van der Waals surface area (Å²) in [5, 5.41) is 4.91. The van der Waals surface area contributed by atoms with Crippen LogP contribution in [0.25, 0.3) is 10.8 Å². The van der Waals surface area contributed by atoms with Crippen LogP contribution < -0.4 is 15.6 Å². The van der Waals surface area contributed by atoms with E-state index in [9.17, 15) is 4.79 Å². The summed E-state index contributed by atoms with van der Waals surface area (Å²) >= 11 is 0. The van der Waals surface area contributed by atoms with Crippen LogP contribution in [0, 0.1) is 0 Å². The number of rotatable bonds is 2. The van der Waals surface area contributed by atoms with Crippen molar-refractivity contribution >= 4 is 10.8 Å². The third-order valence-electron chi connectivity index (χ3n) is 3.27. The Morgan fingerprint density at radius 3 is 3.00 bits per heavy atom. The highest BCUT2D eigenvalue weighted by atomic mass is 16.5. The van der Waals surface area contributed by atoms with Crippen LogP contribution in [0.4, 0.5) is 0 Å². The minimum atomic E-state index is -0.0909. The lowest BCUT2D eigenvalue weighted by molar-refractivity contribution is 0.160. The Labute approximate surface area is 105 Å². The van der Waals surface area contributed by atoms with Crippen molar-refractivity contribution in [3.63, 3.8) is 0 Å². The molecule has 0 spiro atoms. The standard InChI is InChI=1S/C14H16N2O2/c17-14-12-6-2-1-4-10(12)8-13(16-14)18-11-5-3-7-15-9-11/h1-2,4,6,8,11,15H,3,5,7,9H2,(H,16,17). The minimum absolute atomic E-state index is 0.0909. The van der Waals surface area contributed by atoms with E-state index in [-0.39, 0.29) is 11.7 Å². The molecule has 4 nitrogen and oxygen atoms in total. The number of piperidine rings is 1. The molecule has 2 heterocycles. The summed E-state index contributed by atoms with van der Waals surface area (Å²) in [5.41, 5.74) is -0.0909. The average Bonchev–Trinajstić information content (AvgIpc) is 2.40. The SMILES string of the molecule is O=c1[nH]c(OC2CCCNC2)cc2ccccc12. The molecule has 0 amide bonds. The highest BCUT2D eigenvalue weighted by molar-refractivity contribution is 5.82. The van der Waals surface area contributed by atoms with E-state index in [1.165, 1.54) is 0 Å². The zero-order valence-electron chi connectivity index (χ0n) is 10.1. The van der Waals surface area contributed by atoms with Crippen molar-refractivity contribution in [3.8, 4) is 5.88 Å². The van der Waals surface area contributed by atoms with Crippen molar-refractivity contribution in [3.05, 3.63) is 40.7 Å². The molecule has 1 aliphatic heterocycles. The number of nitrogens with one attached hydrogen (secondary N) is 2. The van der Waals surface area contributed by atoms with E-state index >= 15 is 0 Å². The van der Waals surface area contributed by atoms with Gasteiger partial charge < -0.3 is 10.1 Å². The van der Waals surface area contributed by atoms with Gasteiger partial charge in [-0.2, -0.15) is 0 Å². The molecule has 2 aromatic rings. The lowest BCUT2D eigenvalue weighted by Gasteiger charge is -2.23. The molecule has 0 saturated carbocycles. The molecule has 1 unspecified atom stereocenters. The maximum Gasteiger partial charge on any atom is 0.258 e. The molecule has 1 aromatic heterocycles. The molecule has 94 valence electrons. The summed E-state index contributed by atoms with van der Waals surface area (Å²) in [6, 6.07) is 9.43. The summed E-state index contributed by atoms with van der Waals surface area (Å²) in [6.45, 7) is 1.89. The van der Waals surface area contributed by atoms with E-state index in [2.05, 4.69) is 10.3 Å². The first-order valence-corrected chi connectivity index (χ1v) is 6.32. The number of hydrogen-bond acceptors (Lipinski definition) is 3. The second-order valence-electron chi connectivity index (χ2n) is 4.64. The van der Waals surface area contributed by atoms with Crippen LogP contribution in [0.15, 0.2) is 35.1 Å². The lowest BCUT2D eigenvalue weighted by Crippen LogP contribution is -2.37. The molecule has 1 atom stereocenters. The van der Waals surface area contributed by atoms with E-state index in [1.807, 2.05) is 30.3 Å². The molecular weight excluding hydrogens is 228 g/mol. The van der Waals surface area contributed by atoms with Crippen LogP contribution in [0.2, 0.25) is 0 Å². The number of ether oxygens (including phenoxy) is 1. The first-order valence-electron chi connectivity index (χ1n) is 6.32. The first-order chi connectivity index (χ1) is 8.83. The van der Waals surface area contributed by atoms with E-state index in [0.29, 0.717) is 11.3 Å². The van der Waals surface area contributed by atoms with Crippen LogP contribution in [0.1, 0.15) is 12.8 Å². The van der Waals surface area contributed by atoms with E-state index in [0.717, 1.165) is 31.3 Å². The number of H-pyrrole nitrogens is 1. The van der Waals surface area contributed by atoms with Crippen LogP contribution in [0.3, 0.4) is 0 Å². The van der Waals surface area contributed by atoms with Gasteiger partial charge in [-0.1, -0.05) is 18.2 Å². The van der Waals surface area contributed by atoms with Gasteiger partial charge in [0.25, 0.3) is 5.56 Å². The van der Waals surface area contributed by atoms with E-state index in [1.54, 1.807) is 0 Å². The first kappa shape index (κ1) is 11.3. The van der Waals surface area contributed by atoms with Crippen molar-refractivity contribution in [1.29, 1.82) is 0 Å². The molecule has 4 heteroatoms. The van der Waals surface area contributed by atoms with Crippen LogP contribution in [-0.2, 0) is 0 Å². The molecule has 1 aromatic carbocycles. The Hall–Kier alpha value is -1.81. The minimum Gasteiger partial charge on any atom is -0.474 e. The predicted octanol–water partition coefficient (Wildman–Crippen LogP) is 1.66. The normalized spacial score (nSPS) is 19.9. The molecule has 1 saturated heterocycles. The number of benzene rings is 1. The number of aromatic nitrogens is 1. The Bertz CT molecular complexity index is 600. The molecule has 1 fully saturated rings. The van der Waals surface area contributed by atoms with Crippen molar-refractivity contribution < 1.29 is 4.74 Å². The topological polar surface area (TPSA) is 54.1 Å². The smallest absolute Gasteiger partial charge is 0.258 e. The third kappa shape index (κ3) is 2.24. The second-order valence-corrected chi connectivity index (χ2v) is 4.64. The molecular formula is C14H16N2O2.